The fraction of sp³-hybridized carbons (Fsp3) is 0.462. The Morgan fingerprint density at radius 1 is 1.57 bits per heavy atom. The summed E-state index contributed by atoms with van der Waals surface area (Å²) in [6, 6.07) is 4.39. The second-order valence-corrected chi connectivity index (χ2v) is 5.27. The third-order valence-electron chi connectivity index (χ3n) is 3.56. The zero-order chi connectivity index (χ0) is 14.7. The molecule has 1 fully saturated rings. The SMILES string of the molecule is CN(C(=O)Cc1ccc([N+](=O)[O-])cc1Cl)C1CCNC1.Cl. The second kappa shape index (κ2) is 7.59. The minimum Gasteiger partial charge on any atom is -0.341 e. The molecule has 0 aromatic heterocycles. The van der Waals surface area contributed by atoms with Crippen LogP contribution in [-0.4, -0.2) is 41.9 Å². The normalized spacial score (nSPS) is 17.1. The highest BCUT2D eigenvalue weighted by molar-refractivity contribution is 6.31. The summed E-state index contributed by atoms with van der Waals surface area (Å²) in [4.78, 5) is 24.0. The van der Waals surface area contributed by atoms with Crippen LogP contribution in [0.4, 0.5) is 5.69 Å². The van der Waals surface area contributed by atoms with E-state index in [1.165, 1.54) is 12.1 Å². The Hall–Kier alpha value is -1.37. The van der Waals surface area contributed by atoms with Crippen molar-refractivity contribution in [2.45, 2.75) is 18.9 Å². The largest absolute Gasteiger partial charge is 0.341 e. The number of carbonyl (C=O) groups excluding carboxylic acids is 1. The average molecular weight is 334 g/mol. The predicted molar refractivity (Wildman–Crippen MR) is 83.1 cm³/mol. The lowest BCUT2D eigenvalue weighted by atomic mass is 10.1. The molecule has 1 saturated heterocycles. The summed E-state index contributed by atoms with van der Waals surface area (Å²) < 4.78 is 0. The number of amides is 1. The fourth-order valence-corrected chi connectivity index (χ4v) is 2.50. The Labute approximate surface area is 134 Å². The van der Waals surface area contributed by atoms with Gasteiger partial charge >= 0.3 is 0 Å². The van der Waals surface area contributed by atoms with Gasteiger partial charge in [-0.2, -0.15) is 0 Å². The van der Waals surface area contributed by atoms with E-state index in [1.54, 1.807) is 18.0 Å². The third kappa shape index (κ3) is 4.30. The number of halogens is 2. The van der Waals surface area contributed by atoms with E-state index in [9.17, 15) is 14.9 Å². The van der Waals surface area contributed by atoms with Gasteiger partial charge in [-0.25, -0.2) is 0 Å². The van der Waals surface area contributed by atoms with Crippen molar-refractivity contribution in [3.8, 4) is 0 Å². The molecule has 0 spiro atoms. The Morgan fingerprint density at radius 2 is 2.29 bits per heavy atom. The molecular formula is C13H17Cl2N3O3. The maximum absolute atomic E-state index is 12.2. The van der Waals surface area contributed by atoms with Crippen molar-refractivity contribution < 1.29 is 9.72 Å². The van der Waals surface area contributed by atoms with Crippen molar-refractivity contribution in [2.75, 3.05) is 20.1 Å². The molecule has 1 N–H and O–H groups in total. The Morgan fingerprint density at radius 3 is 2.81 bits per heavy atom. The minimum absolute atomic E-state index is 0. The van der Waals surface area contributed by atoms with E-state index in [0.29, 0.717) is 5.56 Å². The van der Waals surface area contributed by atoms with E-state index < -0.39 is 4.92 Å². The number of rotatable bonds is 4. The Bertz CT molecular complexity index is 533. The first kappa shape index (κ1) is 17.7. The number of non-ortho nitro benzene ring substituents is 1. The topological polar surface area (TPSA) is 75.5 Å². The number of nitrogens with one attached hydrogen (secondary N) is 1. The van der Waals surface area contributed by atoms with Gasteiger partial charge in [-0.1, -0.05) is 17.7 Å². The molecule has 21 heavy (non-hydrogen) atoms. The molecule has 0 saturated carbocycles. The number of nitrogens with zero attached hydrogens (tertiary/aromatic N) is 2. The summed E-state index contributed by atoms with van der Waals surface area (Å²) in [5.74, 6) is -0.0329. The highest BCUT2D eigenvalue weighted by Gasteiger charge is 2.23. The molecule has 116 valence electrons. The summed E-state index contributed by atoms with van der Waals surface area (Å²) in [5, 5.41) is 14.1. The van der Waals surface area contributed by atoms with Crippen LogP contribution < -0.4 is 5.32 Å². The first-order valence-electron chi connectivity index (χ1n) is 6.38. The molecule has 0 aliphatic carbocycles. The predicted octanol–water partition coefficient (Wildman–Crippen LogP) is 2.03. The van der Waals surface area contributed by atoms with Gasteiger partial charge < -0.3 is 10.2 Å². The quantitative estimate of drug-likeness (QED) is 0.675. The van der Waals surface area contributed by atoms with Crippen LogP contribution in [0.5, 0.6) is 0 Å². The molecule has 8 heteroatoms. The number of nitro groups is 1. The number of benzene rings is 1. The number of carbonyl (C=O) groups is 1. The molecule has 1 unspecified atom stereocenters. The standard InChI is InChI=1S/C13H16ClN3O3.ClH/c1-16(11-4-5-15-8-11)13(18)6-9-2-3-10(17(19)20)7-12(9)14;/h2-3,7,11,15H,4-6,8H2,1H3;1H. The third-order valence-corrected chi connectivity index (χ3v) is 3.92. The van der Waals surface area contributed by atoms with Crippen LogP contribution in [-0.2, 0) is 11.2 Å². The molecule has 1 aromatic rings. The van der Waals surface area contributed by atoms with Crippen LogP contribution >= 0.6 is 24.0 Å². The zero-order valence-electron chi connectivity index (χ0n) is 11.5. The molecule has 1 heterocycles. The van der Waals surface area contributed by atoms with E-state index >= 15 is 0 Å². The number of hydrogen-bond donors (Lipinski definition) is 1. The first-order chi connectivity index (χ1) is 9.49. The van der Waals surface area contributed by atoms with Gasteiger partial charge in [0.2, 0.25) is 5.91 Å². The lowest BCUT2D eigenvalue weighted by Gasteiger charge is -2.24. The summed E-state index contributed by atoms with van der Waals surface area (Å²) in [6.07, 6.45) is 1.10. The van der Waals surface area contributed by atoms with Crippen LogP contribution in [0.3, 0.4) is 0 Å². The van der Waals surface area contributed by atoms with Gasteiger partial charge in [-0.3, -0.25) is 14.9 Å². The highest BCUT2D eigenvalue weighted by Crippen LogP contribution is 2.23. The van der Waals surface area contributed by atoms with Crippen molar-refractivity contribution in [3.05, 3.63) is 38.9 Å². The van der Waals surface area contributed by atoms with E-state index in [0.717, 1.165) is 19.5 Å². The molecule has 1 amide bonds. The summed E-state index contributed by atoms with van der Waals surface area (Å²) in [6.45, 7) is 1.72. The van der Waals surface area contributed by atoms with Crippen LogP contribution in [0.25, 0.3) is 0 Å². The monoisotopic (exact) mass is 333 g/mol. The van der Waals surface area contributed by atoms with Crippen LogP contribution in [0, 0.1) is 10.1 Å². The molecule has 1 atom stereocenters. The van der Waals surface area contributed by atoms with E-state index in [2.05, 4.69) is 5.32 Å². The molecule has 1 aliphatic rings. The highest BCUT2D eigenvalue weighted by atomic mass is 35.5. The van der Waals surface area contributed by atoms with E-state index in [-0.39, 0.29) is 41.5 Å². The lowest BCUT2D eigenvalue weighted by molar-refractivity contribution is -0.384. The van der Waals surface area contributed by atoms with Gasteiger partial charge in [-0.05, 0) is 18.5 Å². The van der Waals surface area contributed by atoms with Crippen molar-refractivity contribution in [2.24, 2.45) is 0 Å². The lowest BCUT2D eigenvalue weighted by Crippen LogP contribution is -2.39. The van der Waals surface area contributed by atoms with Gasteiger partial charge in [0.25, 0.3) is 5.69 Å². The van der Waals surface area contributed by atoms with Crippen molar-refractivity contribution in [1.29, 1.82) is 0 Å². The minimum atomic E-state index is -0.506. The Kier molecular flexibility index (Phi) is 6.39. The number of likely N-dealkylation sites (N-methyl/N-ethyl adjacent to an activating group) is 1. The van der Waals surface area contributed by atoms with Gasteiger partial charge in [0.1, 0.15) is 0 Å². The van der Waals surface area contributed by atoms with Crippen molar-refractivity contribution >= 4 is 35.6 Å². The molecule has 1 aliphatic heterocycles. The van der Waals surface area contributed by atoms with Crippen LogP contribution in [0.1, 0.15) is 12.0 Å². The Balaban J connectivity index is 0.00000220. The van der Waals surface area contributed by atoms with Gasteiger partial charge in [0, 0.05) is 31.8 Å². The molecular weight excluding hydrogens is 317 g/mol. The van der Waals surface area contributed by atoms with E-state index in [4.69, 9.17) is 11.6 Å². The van der Waals surface area contributed by atoms with Gasteiger partial charge in [0.05, 0.1) is 16.4 Å². The smallest absolute Gasteiger partial charge is 0.270 e. The summed E-state index contributed by atoms with van der Waals surface area (Å²) in [7, 11) is 1.78. The zero-order valence-corrected chi connectivity index (χ0v) is 13.1. The fourth-order valence-electron chi connectivity index (χ4n) is 2.25. The molecule has 0 bridgehead atoms. The summed E-state index contributed by atoms with van der Waals surface area (Å²) in [5.41, 5.74) is 0.541. The van der Waals surface area contributed by atoms with Gasteiger partial charge in [0.15, 0.2) is 0 Å². The molecule has 1 aromatic carbocycles. The second-order valence-electron chi connectivity index (χ2n) is 4.86. The molecule has 2 rings (SSSR count). The summed E-state index contributed by atoms with van der Waals surface area (Å²) >= 11 is 5.99. The maximum Gasteiger partial charge on any atom is 0.270 e. The maximum atomic E-state index is 12.2. The van der Waals surface area contributed by atoms with Crippen LogP contribution in [0.2, 0.25) is 5.02 Å². The molecule has 0 radical (unpaired) electrons. The molecule has 6 nitrogen and oxygen atoms in total. The van der Waals surface area contributed by atoms with Crippen LogP contribution in [0.15, 0.2) is 18.2 Å². The average Bonchev–Trinajstić information content (AvgIpc) is 2.93. The van der Waals surface area contributed by atoms with Gasteiger partial charge in [-0.15, -0.1) is 12.4 Å². The number of hydrogen-bond acceptors (Lipinski definition) is 4. The first-order valence-corrected chi connectivity index (χ1v) is 6.76. The van der Waals surface area contributed by atoms with Crippen molar-refractivity contribution in [3.63, 3.8) is 0 Å². The number of nitro benzene ring substituents is 1. The van der Waals surface area contributed by atoms with Crippen molar-refractivity contribution in [1.82, 2.24) is 10.2 Å². The van der Waals surface area contributed by atoms with E-state index in [1.807, 2.05) is 0 Å².